The Hall–Kier alpha value is -0.890. The van der Waals surface area contributed by atoms with E-state index in [-0.39, 0.29) is 6.04 Å². The molecule has 0 radical (unpaired) electrons. The molecule has 0 aliphatic carbocycles. The predicted octanol–water partition coefficient (Wildman–Crippen LogP) is 1.07. The van der Waals surface area contributed by atoms with Gasteiger partial charge in [-0.3, -0.25) is 0 Å². The zero-order chi connectivity index (χ0) is 15.3. The number of hydrogen-bond acceptors (Lipinski definition) is 4. The van der Waals surface area contributed by atoms with E-state index in [0.717, 1.165) is 38.1 Å². The molecule has 1 unspecified atom stereocenters. The van der Waals surface area contributed by atoms with Crippen LogP contribution in [0.1, 0.15) is 31.9 Å². The first-order valence-corrected chi connectivity index (χ1v) is 8.99. The van der Waals surface area contributed by atoms with Gasteiger partial charge in [0.05, 0.1) is 11.5 Å². The van der Waals surface area contributed by atoms with Crippen LogP contribution in [0.5, 0.6) is 0 Å². The third-order valence-corrected chi connectivity index (χ3v) is 5.06. The summed E-state index contributed by atoms with van der Waals surface area (Å²) >= 11 is 0. The summed E-state index contributed by atoms with van der Waals surface area (Å²) in [5.74, 6) is 0. The van der Waals surface area contributed by atoms with E-state index in [2.05, 4.69) is 17.0 Å². The molecule has 1 aromatic heterocycles. The maximum absolute atomic E-state index is 12.5. The van der Waals surface area contributed by atoms with Gasteiger partial charge < -0.3 is 14.6 Å². The van der Waals surface area contributed by atoms with Gasteiger partial charge >= 0.3 is 0 Å². The fourth-order valence-electron chi connectivity index (χ4n) is 2.57. The van der Waals surface area contributed by atoms with Crippen LogP contribution in [0, 0.1) is 0 Å². The van der Waals surface area contributed by atoms with Crippen LogP contribution in [0.3, 0.4) is 0 Å². The maximum Gasteiger partial charge on any atom is 0.242 e. The summed E-state index contributed by atoms with van der Waals surface area (Å²) in [4.78, 5) is 0.340. The molecule has 1 atom stereocenters. The molecule has 1 saturated heterocycles. The Morgan fingerprint density at radius 1 is 1.48 bits per heavy atom. The summed E-state index contributed by atoms with van der Waals surface area (Å²) in [5, 5.41) is 3.07. The minimum absolute atomic E-state index is 0.119. The number of sulfonamides is 1. The van der Waals surface area contributed by atoms with E-state index in [4.69, 9.17) is 4.74 Å². The largest absolute Gasteiger partial charge is 0.380 e. The van der Waals surface area contributed by atoms with Crippen molar-refractivity contribution in [2.24, 2.45) is 0 Å². The van der Waals surface area contributed by atoms with Crippen molar-refractivity contribution in [3.05, 3.63) is 18.0 Å². The molecule has 7 heteroatoms. The molecule has 21 heavy (non-hydrogen) atoms. The van der Waals surface area contributed by atoms with E-state index in [1.807, 2.05) is 11.6 Å². The number of nitrogens with zero attached hydrogens (tertiary/aromatic N) is 1. The summed E-state index contributed by atoms with van der Waals surface area (Å²) in [6.45, 7) is 4.73. The van der Waals surface area contributed by atoms with Crippen molar-refractivity contribution in [1.29, 1.82) is 0 Å². The fraction of sp³-hybridized carbons (Fsp3) is 0.714. The van der Waals surface area contributed by atoms with E-state index < -0.39 is 10.0 Å². The second-order valence-electron chi connectivity index (χ2n) is 5.43. The van der Waals surface area contributed by atoms with Gasteiger partial charge in [0.1, 0.15) is 0 Å². The molecule has 0 bridgehead atoms. The lowest BCUT2D eigenvalue weighted by Gasteiger charge is -2.22. The number of ether oxygens (including phenoxy) is 1. The summed E-state index contributed by atoms with van der Waals surface area (Å²) in [7, 11) is -1.62. The fourth-order valence-corrected chi connectivity index (χ4v) is 3.89. The second kappa shape index (κ2) is 7.40. The summed E-state index contributed by atoms with van der Waals surface area (Å²) in [5.41, 5.74) is 0.986. The monoisotopic (exact) mass is 315 g/mol. The van der Waals surface area contributed by atoms with Gasteiger partial charge in [-0.25, -0.2) is 13.1 Å². The van der Waals surface area contributed by atoms with Crippen molar-refractivity contribution >= 4 is 10.0 Å². The third-order valence-electron chi connectivity index (χ3n) is 3.58. The van der Waals surface area contributed by atoms with Crippen LogP contribution in [0.15, 0.2) is 17.2 Å². The minimum atomic E-state index is -3.48. The average molecular weight is 315 g/mol. The number of aromatic nitrogens is 1. The van der Waals surface area contributed by atoms with Crippen LogP contribution < -0.4 is 10.0 Å². The topological polar surface area (TPSA) is 72.4 Å². The van der Waals surface area contributed by atoms with Crippen molar-refractivity contribution in [2.75, 3.05) is 20.3 Å². The van der Waals surface area contributed by atoms with Crippen LogP contribution in [0.4, 0.5) is 0 Å². The second-order valence-corrected chi connectivity index (χ2v) is 7.14. The van der Waals surface area contributed by atoms with E-state index in [1.54, 1.807) is 12.3 Å². The van der Waals surface area contributed by atoms with Crippen LogP contribution in [-0.4, -0.2) is 39.3 Å². The standard InChI is InChI=1S/C14H25N3O3S/c1-3-6-17-10-14(8-13(17)9-15-2)21(18,19)16-12-5-4-7-20-11-12/h8,10,12,15-16H,3-7,9,11H2,1-2H3. The highest BCUT2D eigenvalue weighted by Crippen LogP contribution is 2.17. The van der Waals surface area contributed by atoms with Crippen molar-refractivity contribution in [2.45, 2.75) is 50.2 Å². The molecule has 1 aliphatic rings. The third kappa shape index (κ3) is 4.29. The van der Waals surface area contributed by atoms with Crippen LogP contribution in [0.25, 0.3) is 0 Å². The summed E-state index contributed by atoms with van der Waals surface area (Å²) in [6, 6.07) is 1.63. The minimum Gasteiger partial charge on any atom is -0.380 e. The van der Waals surface area contributed by atoms with Crippen LogP contribution >= 0.6 is 0 Å². The summed E-state index contributed by atoms with van der Waals surface area (Å²) in [6.07, 6.45) is 4.42. The summed E-state index contributed by atoms with van der Waals surface area (Å²) < 4.78 is 35.0. The molecule has 1 aromatic rings. The molecule has 0 aromatic carbocycles. The van der Waals surface area contributed by atoms with E-state index in [0.29, 0.717) is 18.0 Å². The number of aryl methyl sites for hydroxylation is 1. The highest BCUT2D eigenvalue weighted by Gasteiger charge is 2.24. The van der Waals surface area contributed by atoms with Crippen LogP contribution in [-0.2, 0) is 27.8 Å². The zero-order valence-corrected chi connectivity index (χ0v) is 13.6. The highest BCUT2D eigenvalue weighted by molar-refractivity contribution is 7.89. The number of nitrogens with one attached hydrogen (secondary N) is 2. The lowest BCUT2D eigenvalue weighted by Crippen LogP contribution is -2.40. The Morgan fingerprint density at radius 3 is 2.90 bits per heavy atom. The van der Waals surface area contributed by atoms with Gasteiger partial charge in [-0.1, -0.05) is 6.92 Å². The molecule has 1 aliphatic heterocycles. The molecule has 6 nitrogen and oxygen atoms in total. The molecule has 0 spiro atoms. The normalized spacial score (nSPS) is 19.8. The van der Waals surface area contributed by atoms with Gasteiger partial charge in [-0.15, -0.1) is 0 Å². The smallest absolute Gasteiger partial charge is 0.242 e. The van der Waals surface area contributed by atoms with Gasteiger partial charge in [-0.05, 0) is 32.4 Å². The molecule has 0 saturated carbocycles. The maximum atomic E-state index is 12.5. The Morgan fingerprint density at radius 2 is 2.29 bits per heavy atom. The van der Waals surface area contributed by atoms with Gasteiger partial charge in [0.2, 0.25) is 10.0 Å². The lowest BCUT2D eigenvalue weighted by atomic mass is 10.1. The van der Waals surface area contributed by atoms with Crippen LogP contribution in [0.2, 0.25) is 0 Å². The molecule has 0 amide bonds. The Bertz CT molecular complexity index is 524. The van der Waals surface area contributed by atoms with Crippen molar-refractivity contribution in [3.8, 4) is 0 Å². The molecule has 2 heterocycles. The Labute approximate surface area is 126 Å². The molecule has 2 rings (SSSR count). The van der Waals surface area contributed by atoms with Gasteiger partial charge in [0, 0.05) is 37.6 Å². The molecule has 1 fully saturated rings. The zero-order valence-electron chi connectivity index (χ0n) is 12.8. The van der Waals surface area contributed by atoms with E-state index >= 15 is 0 Å². The van der Waals surface area contributed by atoms with E-state index in [1.165, 1.54) is 0 Å². The first kappa shape index (κ1) is 16.5. The molecule has 120 valence electrons. The predicted molar refractivity (Wildman–Crippen MR) is 81.6 cm³/mol. The highest BCUT2D eigenvalue weighted by atomic mass is 32.2. The molecular formula is C14H25N3O3S. The Balaban J connectivity index is 2.16. The quantitative estimate of drug-likeness (QED) is 0.789. The van der Waals surface area contributed by atoms with Crippen molar-refractivity contribution < 1.29 is 13.2 Å². The van der Waals surface area contributed by atoms with E-state index in [9.17, 15) is 8.42 Å². The van der Waals surface area contributed by atoms with Crippen molar-refractivity contribution in [3.63, 3.8) is 0 Å². The van der Waals surface area contributed by atoms with Crippen molar-refractivity contribution in [1.82, 2.24) is 14.6 Å². The van der Waals surface area contributed by atoms with Gasteiger partial charge in [0.25, 0.3) is 0 Å². The number of rotatable bonds is 7. The van der Waals surface area contributed by atoms with Gasteiger partial charge in [0.15, 0.2) is 0 Å². The Kier molecular flexibility index (Phi) is 5.80. The molecule has 2 N–H and O–H groups in total. The number of hydrogen-bond donors (Lipinski definition) is 2. The average Bonchev–Trinajstić information content (AvgIpc) is 2.85. The lowest BCUT2D eigenvalue weighted by molar-refractivity contribution is 0.0774. The van der Waals surface area contributed by atoms with Gasteiger partial charge in [-0.2, -0.15) is 0 Å². The first-order chi connectivity index (χ1) is 10.1. The first-order valence-electron chi connectivity index (χ1n) is 7.50. The SMILES string of the molecule is CCCn1cc(S(=O)(=O)NC2CCCOC2)cc1CNC. The molecular weight excluding hydrogens is 290 g/mol.